The number of esters is 1. The van der Waals surface area contributed by atoms with Crippen molar-refractivity contribution in [3.05, 3.63) is 29.8 Å². The summed E-state index contributed by atoms with van der Waals surface area (Å²) in [6.07, 6.45) is -2.35. The maximum atomic E-state index is 13.8. The van der Waals surface area contributed by atoms with E-state index in [0.29, 0.717) is 11.3 Å². The van der Waals surface area contributed by atoms with Gasteiger partial charge in [0.1, 0.15) is 40.2 Å². The van der Waals surface area contributed by atoms with Crippen LogP contribution < -0.4 is 31.3 Å². The standard InChI is InChI=1S/C41H67N5O12/c1-24(55-37(2,3)4)31(34(51)52)45-29(47)23-42-32(49)27(20-21-30(48)57-39(8,9)10)43-35(53)41(14,15)46-33(50)28(44-36(54)58-40(11,12)13)22-25-16-18-26(19-17-25)56-38(5,6)7/h16-19,24,27-28,31H,20-23H2,1-15H3,(H,42,49)(H,43,53)(H,44,54)(H,45,47)(H,46,50)(H,51,52)/t24-,27+,28+,31+/m1/s1. The van der Waals surface area contributed by atoms with Gasteiger partial charge in [-0.2, -0.15) is 0 Å². The highest BCUT2D eigenvalue weighted by atomic mass is 16.6. The number of carboxylic acids is 1. The Hall–Kier alpha value is -4.93. The molecule has 1 rings (SSSR count). The lowest BCUT2D eigenvalue weighted by Crippen LogP contribution is -2.62. The second-order valence-corrected chi connectivity index (χ2v) is 18.6. The maximum absolute atomic E-state index is 13.8. The Bertz CT molecular complexity index is 1600. The number of nitrogens with one attached hydrogen (secondary N) is 5. The van der Waals surface area contributed by atoms with Crippen molar-refractivity contribution < 1.29 is 57.6 Å². The lowest BCUT2D eigenvalue weighted by molar-refractivity contribution is -0.155. The summed E-state index contributed by atoms with van der Waals surface area (Å²) in [4.78, 5) is 91.2. The Morgan fingerprint density at radius 3 is 1.71 bits per heavy atom. The lowest BCUT2D eigenvalue weighted by Gasteiger charge is -2.30. The molecular formula is C41H67N5O12. The fourth-order valence-corrected chi connectivity index (χ4v) is 5.18. The molecule has 17 heteroatoms. The van der Waals surface area contributed by atoms with Gasteiger partial charge in [-0.15, -0.1) is 0 Å². The highest BCUT2D eigenvalue weighted by molar-refractivity contribution is 5.97. The van der Waals surface area contributed by atoms with Crippen LogP contribution in [0.15, 0.2) is 24.3 Å². The molecule has 0 aromatic heterocycles. The monoisotopic (exact) mass is 821 g/mol. The highest BCUT2D eigenvalue weighted by Gasteiger charge is 2.37. The first kappa shape index (κ1) is 51.1. The van der Waals surface area contributed by atoms with Crippen LogP contribution in [0.3, 0.4) is 0 Å². The smallest absolute Gasteiger partial charge is 0.408 e. The van der Waals surface area contributed by atoms with Crippen LogP contribution in [-0.2, 0) is 49.4 Å². The molecule has 5 amide bonds. The van der Waals surface area contributed by atoms with Gasteiger partial charge in [-0.1, -0.05) is 12.1 Å². The Morgan fingerprint density at radius 1 is 0.672 bits per heavy atom. The Balaban J connectivity index is 3.26. The van der Waals surface area contributed by atoms with Gasteiger partial charge in [0.2, 0.25) is 23.6 Å². The van der Waals surface area contributed by atoms with Crippen molar-refractivity contribution in [1.29, 1.82) is 0 Å². The van der Waals surface area contributed by atoms with E-state index in [1.165, 1.54) is 20.8 Å². The van der Waals surface area contributed by atoms with E-state index < -0.39 is 100 Å². The molecule has 0 saturated heterocycles. The molecule has 0 aliphatic carbocycles. The van der Waals surface area contributed by atoms with Crippen molar-refractivity contribution in [1.82, 2.24) is 26.6 Å². The fourth-order valence-electron chi connectivity index (χ4n) is 5.18. The van der Waals surface area contributed by atoms with Gasteiger partial charge in [0.15, 0.2) is 6.04 Å². The number of carbonyl (C=O) groups excluding carboxylic acids is 6. The molecule has 0 radical (unpaired) electrons. The van der Waals surface area contributed by atoms with Crippen LogP contribution in [0.1, 0.15) is 122 Å². The van der Waals surface area contributed by atoms with Gasteiger partial charge in [0, 0.05) is 12.8 Å². The number of carbonyl (C=O) groups is 7. The molecule has 17 nitrogen and oxygen atoms in total. The van der Waals surface area contributed by atoms with Crippen molar-refractivity contribution in [3.8, 4) is 5.75 Å². The fraction of sp³-hybridized carbons (Fsp3) is 0.683. The van der Waals surface area contributed by atoms with Gasteiger partial charge in [-0.3, -0.25) is 24.0 Å². The third-order valence-corrected chi connectivity index (χ3v) is 7.49. The first-order valence-corrected chi connectivity index (χ1v) is 19.3. The van der Waals surface area contributed by atoms with Crippen LogP contribution in [0, 0.1) is 0 Å². The van der Waals surface area contributed by atoms with Crippen LogP contribution in [-0.4, -0.2) is 105 Å². The van der Waals surface area contributed by atoms with Crippen LogP contribution in [0.2, 0.25) is 0 Å². The van der Waals surface area contributed by atoms with E-state index in [-0.39, 0.29) is 19.3 Å². The van der Waals surface area contributed by atoms with Crippen molar-refractivity contribution in [2.75, 3.05) is 6.54 Å². The summed E-state index contributed by atoms with van der Waals surface area (Å²) in [7, 11) is 0. The molecule has 6 N–H and O–H groups in total. The van der Waals surface area contributed by atoms with Crippen LogP contribution in [0.4, 0.5) is 4.79 Å². The number of aliphatic carboxylic acids is 1. The van der Waals surface area contributed by atoms with Crippen molar-refractivity contribution >= 4 is 41.7 Å². The Kier molecular flexibility index (Phi) is 18.2. The normalized spacial score (nSPS) is 14.4. The third kappa shape index (κ3) is 21.0. The van der Waals surface area contributed by atoms with E-state index in [1.807, 2.05) is 20.8 Å². The summed E-state index contributed by atoms with van der Waals surface area (Å²) in [6, 6.07) is 2.89. The van der Waals surface area contributed by atoms with Crippen molar-refractivity contribution in [2.45, 2.75) is 175 Å². The second-order valence-electron chi connectivity index (χ2n) is 18.6. The van der Waals surface area contributed by atoms with E-state index >= 15 is 0 Å². The summed E-state index contributed by atoms with van der Waals surface area (Å²) in [5, 5.41) is 22.2. The topological polar surface area (TPSA) is 237 Å². The van der Waals surface area contributed by atoms with E-state index in [4.69, 9.17) is 18.9 Å². The van der Waals surface area contributed by atoms with Crippen molar-refractivity contribution in [3.63, 3.8) is 0 Å². The first-order valence-electron chi connectivity index (χ1n) is 19.3. The summed E-state index contributed by atoms with van der Waals surface area (Å²) >= 11 is 0. The number of benzene rings is 1. The second kappa shape index (κ2) is 20.7. The molecule has 4 atom stereocenters. The molecular weight excluding hydrogens is 754 g/mol. The average molecular weight is 822 g/mol. The van der Waals surface area contributed by atoms with E-state index in [0.717, 1.165) is 0 Å². The average Bonchev–Trinajstić information content (AvgIpc) is 3.01. The van der Waals surface area contributed by atoms with E-state index in [9.17, 15) is 38.7 Å². The predicted molar refractivity (Wildman–Crippen MR) is 216 cm³/mol. The number of alkyl carbamates (subject to hydrolysis) is 1. The summed E-state index contributed by atoms with van der Waals surface area (Å²) in [5.74, 6) is -4.71. The minimum atomic E-state index is -1.70. The number of hydrogen-bond acceptors (Lipinski definition) is 11. The number of ether oxygens (including phenoxy) is 4. The van der Waals surface area contributed by atoms with Gasteiger partial charge in [0.05, 0.1) is 18.2 Å². The molecule has 58 heavy (non-hydrogen) atoms. The zero-order valence-electron chi connectivity index (χ0n) is 36.9. The Labute approximate surface area is 342 Å². The van der Waals surface area contributed by atoms with E-state index in [1.54, 1.807) is 86.6 Å². The number of rotatable bonds is 18. The molecule has 0 fully saturated rings. The van der Waals surface area contributed by atoms with Gasteiger partial charge < -0.3 is 50.6 Å². The van der Waals surface area contributed by atoms with Crippen LogP contribution >= 0.6 is 0 Å². The molecule has 0 aliphatic rings. The zero-order chi connectivity index (χ0) is 45.0. The number of hydrogen-bond donors (Lipinski definition) is 6. The molecule has 0 aliphatic heterocycles. The van der Waals surface area contributed by atoms with Gasteiger partial charge in [0.25, 0.3) is 0 Å². The van der Waals surface area contributed by atoms with Crippen LogP contribution in [0.5, 0.6) is 5.75 Å². The maximum Gasteiger partial charge on any atom is 0.408 e. The highest BCUT2D eigenvalue weighted by Crippen LogP contribution is 2.20. The molecule has 1 aromatic rings. The minimum Gasteiger partial charge on any atom is -0.488 e. The molecule has 0 spiro atoms. The largest absolute Gasteiger partial charge is 0.488 e. The molecule has 0 heterocycles. The first-order chi connectivity index (χ1) is 26.2. The SMILES string of the molecule is C[C@@H](OC(C)(C)C)[C@H](NC(=O)CNC(=O)[C@H](CCC(=O)OC(C)(C)C)NC(=O)C(C)(C)NC(=O)[C@H](Cc1ccc(OC(C)(C)C)cc1)NC(=O)OC(C)(C)C)C(=O)O. The van der Waals surface area contributed by atoms with Gasteiger partial charge in [-0.25, -0.2) is 9.59 Å². The third-order valence-electron chi connectivity index (χ3n) is 7.49. The molecule has 328 valence electrons. The quantitative estimate of drug-likeness (QED) is 0.116. The predicted octanol–water partition coefficient (Wildman–Crippen LogP) is 3.69. The van der Waals surface area contributed by atoms with Crippen molar-refractivity contribution in [2.24, 2.45) is 0 Å². The molecule has 0 saturated carbocycles. The summed E-state index contributed by atoms with van der Waals surface area (Å²) in [6.45, 7) is 24.5. The molecule has 0 bridgehead atoms. The zero-order valence-corrected chi connectivity index (χ0v) is 36.9. The minimum absolute atomic E-state index is 0.00536. The lowest BCUT2D eigenvalue weighted by atomic mass is 9.99. The van der Waals surface area contributed by atoms with Crippen LogP contribution in [0.25, 0.3) is 0 Å². The molecule has 1 aromatic carbocycles. The summed E-state index contributed by atoms with van der Waals surface area (Å²) in [5.41, 5.74) is -3.89. The molecule has 0 unspecified atom stereocenters. The van der Waals surface area contributed by atoms with Gasteiger partial charge >= 0.3 is 18.0 Å². The Morgan fingerprint density at radius 2 is 1.22 bits per heavy atom. The van der Waals surface area contributed by atoms with Gasteiger partial charge in [-0.05, 0) is 128 Å². The number of carboxylic acid groups (broad SMARTS) is 1. The number of amides is 5. The van der Waals surface area contributed by atoms with E-state index in [2.05, 4.69) is 26.6 Å². The summed E-state index contributed by atoms with van der Waals surface area (Å²) < 4.78 is 22.3.